The van der Waals surface area contributed by atoms with Crippen LogP contribution in [-0.4, -0.2) is 9.97 Å². The van der Waals surface area contributed by atoms with E-state index in [-0.39, 0.29) is 5.82 Å². The first-order valence-electron chi connectivity index (χ1n) is 4.51. The van der Waals surface area contributed by atoms with Crippen LogP contribution >= 0.6 is 0 Å². The Labute approximate surface area is 86.8 Å². The van der Waals surface area contributed by atoms with Gasteiger partial charge in [-0.25, -0.2) is 9.37 Å². The van der Waals surface area contributed by atoms with Crippen molar-refractivity contribution in [2.75, 3.05) is 5.73 Å². The van der Waals surface area contributed by atoms with Crippen molar-refractivity contribution in [3.05, 3.63) is 42.0 Å². The third-order valence-corrected chi connectivity index (χ3v) is 2.12. The lowest BCUT2D eigenvalue weighted by molar-refractivity contribution is 0.627. The first kappa shape index (κ1) is 9.58. The van der Waals surface area contributed by atoms with Gasteiger partial charge in [0.05, 0.1) is 18.1 Å². The van der Waals surface area contributed by atoms with Crippen LogP contribution in [0.4, 0.5) is 10.2 Å². The molecule has 0 aliphatic carbocycles. The zero-order valence-electron chi connectivity index (χ0n) is 8.24. The van der Waals surface area contributed by atoms with E-state index in [9.17, 15) is 4.39 Å². The summed E-state index contributed by atoms with van der Waals surface area (Å²) in [6, 6.07) is 4.53. The summed E-state index contributed by atoms with van der Waals surface area (Å²) in [7, 11) is 0. The smallest absolute Gasteiger partial charge is 0.142 e. The first-order chi connectivity index (χ1) is 7.16. The van der Waals surface area contributed by atoms with E-state index in [1.54, 1.807) is 12.3 Å². The number of hydrogen-bond acceptors (Lipinski definition) is 3. The Kier molecular flexibility index (Phi) is 2.33. The highest BCUT2D eigenvalue weighted by atomic mass is 19.1. The molecule has 0 saturated heterocycles. The molecule has 0 aliphatic rings. The standard InChI is InChI=1S/C11H10FN3/c1-7-4-8(12)2-3-9(7)10-5-14-6-11(13)15-10/h2-6H,1H3,(H2,13,15). The van der Waals surface area contributed by atoms with E-state index in [0.717, 1.165) is 11.1 Å². The molecule has 0 fully saturated rings. The molecule has 76 valence electrons. The maximum absolute atomic E-state index is 12.9. The average molecular weight is 203 g/mol. The molecule has 2 N–H and O–H groups in total. The molecular weight excluding hydrogens is 193 g/mol. The summed E-state index contributed by atoms with van der Waals surface area (Å²) in [6.07, 6.45) is 3.08. The topological polar surface area (TPSA) is 51.8 Å². The van der Waals surface area contributed by atoms with Gasteiger partial charge in [-0.1, -0.05) is 0 Å². The number of nitrogens with zero attached hydrogens (tertiary/aromatic N) is 2. The highest BCUT2D eigenvalue weighted by Gasteiger charge is 2.04. The fraction of sp³-hybridized carbons (Fsp3) is 0.0909. The van der Waals surface area contributed by atoms with Crippen LogP contribution in [0, 0.1) is 12.7 Å². The third-order valence-electron chi connectivity index (χ3n) is 2.12. The Bertz CT molecular complexity index is 497. The Morgan fingerprint density at radius 2 is 2.07 bits per heavy atom. The van der Waals surface area contributed by atoms with E-state index in [0.29, 0.717) is 11.5 Å². The normalized spacial score (nSPS) is 10.3. The molecule has 0 aliphatic heterocycles. The van der Waals surface area contributed by atoms with Crippen LogP contribution in [0.5, 0.6) is 0 Å². The van der Waals surface area contributed by atoms with Crippen molar-refractivity contribution in [2.45, 2.75) is 6.92 Å². The van der Waals surface area contributed by atoms with Crippen molar-refractivity contribution in [1.29, 1.82) is 0 Å². The monoisotopic (exact) mass is 203 g/mol. The molecule has 0 saturated carbocycles. The molecule has 0 bridgehead atoms. The van der Waals surface area contributed by atoms with Crippen LogP contribution in [0.2, 0.25) is 0 Å². The predicted octanol–water partition coefficient (Wildman–Crippen LogP) is 2.17. The van der Waals surface area contributed by atoms with Gasteiger partial charge in [0.2, 0.25) is 0 Å². The average Bonchev–Trinajstić information content (AvgIpc) is 2.17. The quantitative estimate of drug-likeness (QED) is 0.772. The minimum Gasteiger partial charge on any atom is -0.382 e. The lowest BCUT2D eigenvalue weighted by Crippen LogP contribution is -1.95. The van der Waals surface area contributed by atoms with E-state index in [1.165, 1.54) is 18.3 Å². The molecule has 2 rings (SSSR count). The van der Waals surface area contributed by atoms with Gasteiger partial charge < -0.3 is 5.73 Å². The summed E-state index contributed by atoms with van der Waals surface area (Å²) in [5.41, 5.74) is 7.85. The molecule has 0 amide bonds. The van der Waals surface area contributed by atoms with Crippen LogP contribution in [-0.2, 0) is 0 Å². The Balaban J connectivity index is 2.54. The number of rotatable bonds is 1. The zero-order chi connectivity index (χ0) is 10.8. The fourth-order valence-corrected chi connectivity index (χ4v) is 1.43. The van der Waals surface area contributed by atoms with E-state index in [4.69, 9.17) is 5.73 Å². The molecule has 0 unspecified atom stereocenters. The molecule has 1 aromatic carbocycles. The minimum absolute atomic E-state index is 0.256. The number of benzene rings is 1. The van der Waals surface area contributed by atoms with Crippen molar-refractivity contribution < 1.29 is 4.39 Å². The van der Waals surface area contributed by atoms with E-state index < -0.39 is 0 Å². The second-order valence-corrected chi connectivity index (χ2v) is 3.29. The summed E-state index contributed by atoms with van der Waals surface area (Å²) >= 11 is 0. The molecule has 1 heterocycles. The van der Waals surface area contributed by atoms with E-state index in [1.807, 2.05) is 6.92 Å². The van der Waals surface area contributed by atoms with Gasteiger partial charge >= 0.3 is 0 Å². The number of hydrogen-bond donors (Lipinski definition) is 1. The second kappa shape index (κ2) is 3.65. The van der Waals surface area contributed by atoms with E-state index >= 15 is 0 Å². The lowest BCUT2D eigenvalue weighted by atomic mass is 10.1. The minimum atomic E-state index is -0.256. The van der Waals surface area contributed by atoms with Crippen LogP contribution in [0.1, 0.15) is 5.56 Å². The summed E-state index contributed by atoms with van der Waals surface area (Å²) in [4.78, 5) is 8.07. The van der Waals surface area contributed by atoms with Gasteiger partial charge in [-0.3, -0.25) is 4.98 Å². The molecule has 2 aromatic rings. The van der Waals surface area contributed by atoms with Crippen LogP contribution in [0.3, 0.4) is 0 Å². The molecule has 1 aromatic heterocycles. The number of aromatic nitrogens is 2. The zero-order valence-corrected chi connectivity index (χ0v) is 8.24. The van der Waals surface area contributed by atoms with Crippen LogP contribution < -0.4 is 5.73 Å². The van der Waals surface area contributed by atoms with Gasteiger partial charge in [0.25, 0.3) is 0 Å². The maximum atomic E-state index is 12.9. The number of nitrogen functional groups attached to an aromatic ring is 1. The van der Waals surface area contributed by atoms with Gasteiger partial charge in [-0.15, -0.1) is 0 Å². The summed E-state index contributed by atoms with van der Waals surface area (Å²) in [5.74, 6) is 0.101. The fourth-order valence-electron chi connectivity index (χ4n) is 1.43. The third kappa shape index (κ3) is 1.93. The van der Waals surface area contributed by atoms with Gasteiger partial charge in [0.1, 0.15) is 11.6 Å². The number of nitrogens with two attached hydrogens (primary N) is 1. The molecular formula is C11H10FN3. The lowest BCUT2D eigenvalue weighted by Gasteiger charge is -2.04. The Morgan fingerprint density at radius 3 is 2.73 bits per heavy atom. The van der Waals surface area contributed by atoms with Gasteiger partial charge in [-0.2, -0.15) is 0 Å². The molecule has 0 atom stereocenters. The highest BCUT2D eigenvalue weighted by Crippen LogP contribution is 2.21. The van der Waals surface area contributed by atoms with Gasteiger partial charge in [-0.05, 0) is 30.7 Å². The van der Waals surface area contributed by atoms with Crippen molar-refractivity contribution >= 4 is 5.82 Å². The molecule has 3 nitrogen and oxygen atoms in total. The number of halogens is 1. The Hall–Kier alpha value is -1.97. The van der Waals surface area contributed by atoms with Crippen molar-refractivity contribution in [3.8, 4) is 11.3 Å². The molecule has 0 radical (unpaired) electrons. The van der Waals surface area contributed by atoms with Crippen molar-refractivity contribution in [3.63, 3.8) is 0 Å². The summed E-state index contributed by atoms with van der Waals surface area (Å²) in [6.45, 7) is 1.82. The summed E-state index contributed by atoms with van der Waals surface area (Å²) in [5, 5.41) is 0. The van der Waals surface area contributed by atoms with Crippen molar-refractivity contribution in [2.24, 2.45) is 0 Å². The largest absolute Gasteiger partial charge is 0.382 e. The van der Waals surface area contributed by atoms with Gasteiger partial charge in [0.15, 0.2) is 0 Å². The predicted molar refractivity (Wildman–Crippen MR) is 56.6 cm³/mol. The van der Waals surface area contributed by atoms with Crippen LogP contribution in [0.25, 0.3) is 11.3 Å². The van der Waals surface area contributed by atoms with Crippen LogP contribution in [0.15, 0.2) is 30.6 Å². The summed E-state index contributed by atoms with van der Waals surface area (Å²) < 4.78 is 12.9. The molecule has 4 heteroatoms. The highest BCUT2D eigenvalue weighted by molar-refractivity contribution is 5.63. The first-order valence-corrected chi connectivity index (χ1v) is 4.51. The van der Waals surface area contributed by atoms with Crippen molar-refractivity contribution in [1.82, 2.24) is 9.97 Å². The molecule has 15 heavy (non-hydrogen) atoms. The second-order valence-electron chi connectivity index (χ2n) is 3.29. The SMILES string of the molecule is Cc1cc(F)ccc1-c1cncc(N)n1. The van der Waals surface area contributed by atoms with E-state index in [2.05, 4.69) is 9.97 Å². The maximum Gasteiger partial charge on any atom is 0.142 e. The molecule has 0 spiro atoms. The Morgan fingerprint density at radius 1 is 1.27 bits per heavy atom. The number of aryl methyl sites for hydroxylation is 1. The van der Waals surface area contributed by atoms with Gasteiger partial charge in [0, 0.05) is 5.56 Å². The number of anilines is 1.